The van der Waals surface area contributed by atoms with Crippen molar-refractivity contribution in [1.29, 1.82) is 0 Å². The van der Waals surface area contributed by atoms with E-state index in [-0.39, 0.29) is 22.7 Å². The fourth-order valence-electron chi connectivity index (χ4n) is 2.13. The number of nitrogens with zero attached hydrogens (tertiary/aromatic N) is 3. The Kier molecular flexibility index (Phi) is 3.63. The van der Waals surface area contributed by atoms with E-state index in [2.05, 4.69) is 15.2 Å². The van der Waals surface area contributed by atoms with Gasteiger partial charge in [-0.05, 0) is 18.2 Å². The number of phenolic OH excluding ortho intramolecular Hbond substituents is 1. The molecule has 0 spiro atoms. The number of ether oxygens (including phenoxy) is 1. The minimum atomic E-state index is -0.559. The number of nitrogens with one attached hydrogen (secondary N) is 1. The van der Waals surface area contributed by atoms with Crippen molar-refractivity contribution in [3.05, 3.63) is 52.2 Å². The van der Waals surface area contributed by atoms with Crippen molar-refractivity contribution < 1.29 is 14.8 Å². The summed E-state index contributed by atoms with van der Waals surface area (Å²) >= 11 is 0. The van der Waals surface area contributed by atoms with Gasteiger partial charge in [-0.3, -0.25) is 20.2 Å². The molecule has 0 aliphatic rings. The number of phenols is 1. The predicted molar refractivity (Wildman–Crippen MR) is 84.7 cm³/mol. The lowest BCUT2D eigenvalue weighted by atomic mass is 10.1. The highest BCUT2D eigenvalue weighted by Gasteiger charge is 2.15. The number of aromatic hydroxyl groups is 1. The number of aromatic nitrogens is 2. The van der Waals surface area contributed by atoms with Crippen LogP contribution in [-0.2, 0) is 0 Å². The zero-order valence-corrected chi connectivity index (χ0v) is 12.1. The molecule has 0 saturated heterocycles. The molecule has 1 aromatic heterocycles. The number of benzene rings is 2. The van der Waals surface area contributed by atoms with Gasteiger partial charge in [-0.15, -0.1) is 0 Å². The van der Waals surface area contributed by atoms with E-state index in [0.29, 0.717) is 5.69 Å². The number of nitro groups is 1. The normalized spacial score (nSPS) is 11.2. The van der Waals surface area contributed by atoms with Crippen LogP contribution < -0.4 is 4.74 Å². The lowest BCUT2D eigenvalue weighted by molar-refractivity contribution is -0.385. The van der Waals surface area contributed by atoms with Gasteiger partial charge >= 0.3 is 0 Å². The third-order valence-electron chi connectivity index (χ3n) is 3.30. The molecule has 0 unspecified atom stereocenters. The Hall–Kier alpha value is -3.42. The van der Waals surface area contributed by atoms with E-state index in [0.717, 1.165) is 17.0 Å². The Morgan fingerprint density at radius 1 is 1.39 bits per heavy atom. The SMILES string of the molecule is COc1cc([N+](=O)[O-])cc(/C=N/c2ccc3[nH]ncc3c2)c1O. The lowest BCUT2D eigenvalue weighted by Gasteiger charge is -2.05. The molecule has 8 heteroatoms. The molecule has 0 amide bonds. The second-order valence-electron chi connectivity index (χ2n) is 4.74. The Bertz CT molecular complexity index is 917. The molecule has 0 radical (unpaired) electrons. The molecule has 0 bridgehead atoms. The van der Waals surface area contributed by atoms with Gasteiger partial charge < -0.3 is 9.84 Å². The van der Waals surface area contributed by atoms with Gasteiger partial charge in [0.15, 0.2) is 11.5 Å². The summed E-state index contributed by atoms with van der Waals surface area (Å²) in [5, 5.41) is 28.6. The first-order valence-corrected chi connectivity index (χ1v) is 6.61. The molecule has 2 N–H and O–H groups in total. The second kappa shape index (κ2) is 5.76. The first-order chi connectivity index (χ1) is 11.1. The van der Waals surface area contributed by atoms with Crippen molar-refractivity contribution in [1.82, 2.24) is 10.2 Å². The van der Waals surface area contributed by atoms with Crippen molar-refractivity contribution >= 4 is 28.5 Å². The molecule has 3 aromatic rings. The standard InChI is InChI=1S/C15H12N4O4/c1-23-14-6-12(19(21)22)5-10(15(14)20)7-16-11-2-3-13-9(4-11)8-17-18-13/h2-8,20H,1H3,(H,17,18)/b16-7+. The van der Waals surface area contributed by atoms with E-state index in [9.17, 15) is 15.2 Å². The average molecular weight is 312 g/mol. The summed E-state index contributed by atoms with van der Waals surface area (Å²) in [6.45, 7) is 0. The number of fused-ring (bicyclic) bond motifs is 1. The average Bonchev–Trinajstić information content (AvgIpc) is 3.01. The van der Waals surface area contributed by atoms with Gasteiger partial charge in [0.25, 0.3) is 5.69 Å². The van der Waals surface area contributed by atoms with Gasteiger partial charge in [-0.1, -0.05) is 0 Å². The minimum absolute atomic E-state index is 0.0194. The van der Waals surface area contributed by atoms with Gasteiger partial charge in [0.1, 0.15) is 0 Å². The number of hydrogen-bond donors (Lipinski definition) is 2. The number of aliphatic imine (C=N–C) groups is 1. The highest BCUT2D eigenvalue weighted by Crippen LogP contribution is 2.33. The molecule has 0 fully saturated rings. The molecule has 1 heterocycles. The maximum atomic E-state index is 10.9. The molecule has 23 heavy (non-hydrogen) atoms. The zero-order chi connectivity index (χ0) is 16.4. The summed E-state index contributed by atoms with van der Waals surface area (Å²) in [4.78, 5) is 14.6. The number of hydrogen-bond acceptors (Lipinski definition) is 6. The number of non-ortho nitro benzene ring substituents is 1. The van der Waals surface area contributed by atoms with Crippen molar-refractivity contribution in [3.63, 3.8) is 0 Å². The van der Waals surface area contributed by atoms with Gasteiger partial charge in [0.2, 0.25) is 0 Å². The van der Waals surface area contributed by atoms with Crippen molar-refractivity contribution in [2.75, 3.05) is 7.11 Å². The van der Waals surface area contributed by atoms with Crippen LogP contribution in [0.3, 0.4) is 0 Å². The van der Waals surface area contributed by atoms with Gasteiger partial charge in [0, 0.05) is 23.2 Å². The third-order valence-corrected chi connectivity index (χ3v) is 3.30. The number of nitro benzene ring substituents is 1. The van der Waals surface area contributed by atoms with E-state index in [1.165, 1.54) is 19.4 Å². The molecule has 0 atom stereocenters. The first kappa shape index (κ1) is 14.5. The van der Waals surface area contributed by atoms with E-state index >= 15 is 0 Å². The summed E-state index contributed by atoms with van der Waals surface area (Å²) in [6, 6.07) is 7.79. The summed E-state index contributed by atoms with van der Waals surface area (Å²) in [5.74, 6) is -0.183. The van der Waals surface area contributed by atoms with E-state index < -0.39 is 4.92 Å². The largest absolute Gasteiger partial charge is 0.504 e. The van der Waals surface area contributed by atoms with Gasteiger partial charge in [-0.2, -0.15) is 5.10 Å². The van der Waals surface area contributed by atoms with Gasteiger partial charge in [-0.25, -0.2) is 0 Å². The van der Waals surface area contributed by atoms with E-state index in [4.69, 9.17) is 4.74 Å². The summed E-state index contributed by atoms with van der Waals surface area (Å²) in [5.41, 5.74) is 1.52. The molecule has 8 nitrogen and oxygen atoms in total. The molecule has 116 valence electrons. The quantitative estimate of drug-likeness (QED) is 0.437. The van der Waals surface area contributed by atoms with Crippen LogP contribution in [0.1, 0.15) is 5.56 Å². The van der Waals surface area contributed by atoms with E-state index in [1.807, 2.05) is 6.07 Å². The topological polar surface area (TPSA) is 114 Å². The summed E-state index contributed by atoms with van der Waals surface area (Å²) in [6.07, 6.45) is 3.02. The molecule has 0 aliphatic heterocycles. The Morgan fingerprint density at radius 2 is 2.22 bits per heavy atom. The van der Waals surface area contributed by atoms with Crippen LogP contribution in [0.2, 0.25) is 0 Å². The fourth-order valence-corrected chi connectivity index (χ4v) is 2.13. The second-order valence-corrected chi connectivity index (χ2v) is 4.74. The maximum absolute atomic E-state index is 10.9. The smallest absolute Gasteiger partial charge is 0.274 e. The Morgan fingerprint density at radius 3 is 2.96 bits per heavy atom. The van der Waals surface area contributed by atoms with Crippen molar-refractivity contribution in [2.45, 2.75) is 0 Å². The number of H-pyrrole nitrogens is 1. The van der Waals surface area contributed by atoms with Crippen LogP contribution in [0, 0.1) is 10.1 Å². The maximum Gasteiger partial charge on any atom is 0.274 e. The Labute approximate surface area is 130 Å². The number of methoxy groups -OCH3 is 1. The minimum Gasteiger partial charge on any atom is -0.504 e. The predicted octanol–water partition coefficient (Wildman–Crippen LogP) is 2.94. The highest BCUT2D eigenvalue weighted by atomic mass is 16.6. The van der Waals surface area contributed by atoms with E-state index in [1.54, 1.807) is 18.3 Å². The van der Waals surface area contributed by atoms with Crippen LogP contribution >= 0.6 is 0 Å². The molecular formula is C15H12N4O4. The van der Waals surface area contributed by atoms with Crippen molar-refractivity contribution in [3.8, 4) is 11.5 Å². The van der Waals surface area contributed by atoms with Crippen LogP contribution in [-0.4, -0.2) is 33.6 Å². The Balaban J connectivity index is 2.00. The lowest BCUT2D eigenvalue weighted by Crippen LogP contribution is -1.94. The molecule has 3 rings (SSSR count). The molecular weight excluding hydrogens is 300 g/mol. The summed E-state index contributed by atoms with van der Waals surface area (Å²) in [7, 11) is 1.33. The van der Waals surface area contributed by atoms with Gasteiger partial charge in [0.05, 0.1) is 35.5 Å². The monoisotopic (exact) mass is 312 g/mol. The van der Waals surface area contributed by atoms with Crippen LogP contribution in [0.5, 0.6) is 11.5 Å². The number of rotatable bonds is 4. The molecule has 0 saturated carbocycles. The van der Waals surface area contributed by atoms with Crippen LogP contribution in [0.25, 0.3) is 10.9 Å². The fraction of sp³-hybridized carbons (Fsp3) is 0.0667. The van der Waals surface area contributed by atoms with Crippen LogP contribution in [0.15, 0.2) is 41.5 Å². The highest BCUT2D eigenvalue weighted by molar-refractivity contribution is 5.89. The zero-order valence-electron chi connectivity index (χ0n) is 12.1. The molecule has 2 aromatic carbocycles. The summed E-state index contributed by atoms with van der Waals surface area (Å²) < 4.78 is 4.95. The first-order valence-electron chi connectivity index (χ1n) is 6.61. The number of aromatic amines is 1. The molecule has 0 aliphatic carbocycles. The van der Waals surface area contributed by atoms with Crippen LogP contribution in [0.4, 0.5) is 11.4 Å². The third kappa shape index (κ3) is 2.82. The van der Waals surface area contributed by atoms with Crippen molar-refractivity contribution in [2.24, 2.45) is 4.99 Å².